The molecule has 47 heavy (non-hydrogen) atoms. The first-order valence-electron chi connectivity index (χ1n) is 16.5. The summed E-state index contributed by atoms with van der Waals surface area (Å²) < 4.78 is 17.1. The average molecular weight is 685 g/mol. The van der Waals surface area contributed by atoms with E-state index in [9.17, 15) is 4.79 Å². The molecule has 10 heteroatoms. The molecule has 5 aromatic rings. The van der Waals surface area contributed by atoms with Gasteiger partial charge in [0.2, 0.25) is 5.28 Å². The zero-order chi connectivity index (χ0) is 33.4. The van der Waals surface area contributed by atoms with Crippen LogP contribution in [0.15, 0.2) is 95.9 Å². The molecule has 2 atom stereocenters. The van der Waals surface area contributed by atoms with E-state index >= 15 is 0 Å². The van der Waals surface area contributed by atoms with E-state index in [4.69, 9.17) is 20.8 Å². The van der Waals surface area contributed by atoms with Gasteiger partial charge in [0.15, 0.2) is 5.65 Å². The van der Waals surface area contributed by atoms with Crippen LogP contribution in [0.25, 0.3) is 11.2 Å². The zero-order valence-corrected chi connectivity index (χ0v) is 31.0. The number of imidazole rings is 1. The molecule has 0 N–H and O–H groups in total. The third-order valence-corrected chi connectivity index (χ3v) is 16.3. The maximum absolute atomic E-state index is 14.2. The van der Waals surface area contributed by atoms with Gasteiger partial charge in [-0.05, 0) is 57.0 Å². The van der Waals surface area contributed by atoms with E-state index in [0.29, 0.717) is 24.2 Å². The van der Waals surface area contributed by atoms with Gasteiger partial charge in [-0.15, -0.1) is 0 Å². The fraction of sp³-hybridized carbons (Fsp3) is 0.378. The lowest BCUT2D eigenvalue weighted by Crippen LogP contribution is -2.67. The van der Waals surface area contributed by atoms with Gasteiger partial charge in [-0.1, -0.05) is 125 Å². The van der Waals surface area contributed by atoms with Crippen molar-refractivity contribution in [2.45, 2.75) is 83.2 Å². The molecule has 0 spiro atoms. The van der Waals surface area contributed by atoms with Crippen LogP contribution in [0, 0.1) is 0 Å². The van der Waals surface area contributed by atoms with Gasteiger partial charge >= 0.3 is 5.69 Å². The highest BCUT2D eigenvalue weighted by atomic mass is 35.5. The third kappa shape index (κ3) is 6.56. The molecule has 0 aliphatic heterocycles. The van der Waals surface area contributed by atoms with Crippen molar-refractivity contribution < 1.29 is 9.16 Å². The first kappa shape index (κ1) is 33.6. The summed E-state index contributed by atoms with van der Waals surface area (Å²) in [6.45, 7) is 14.6. The number of halogens is 1. The molecule has 246 valence electrons. The van der Waals surface area contributed by atoms with E-state index in [-0.39, 0.29) is 34.9 Å². The summed E-state index contributed by atoms with van der Waals surface area (Å²) in [5.74, 6) is 0. The van der Waals surface area contributed by atoms with Gasteiger partial charge in [-0.3, -0.25) is 9.13 Å². The Balaban J connectivity index is 1.43. The van der Waals surface area contributed by atoms with Gasteiger partial charge in [-0.25, -0.2) is 9.78 Å². The van der Waals surface area contributed by atoms with E-state index in [0.717, 1.165) is 23.6 Å². The Morgan fingerprint density at radius 2 is 1.47 bits per heavy atom. The van der Waals surface area contributed by atoms with Crippen molar-refractivity contribution in [1.29, 1.82) is 0 Å². The second-order valence-corrected chi connectivity index (χ2v) is 25.0. The Hall–Kier alpha value is -3.35. The molecule has 2 aromatic heterocycles. The summed E-state index contributed by atoms with van der Waals surface area (Å²) in [4.78, 5) is 23.0. The monoisotopic (exact) mass is 684 g/mol. The topological polar surface area (TPSA) is 71.2 Å². The Kier molecular flexibility index (Phi) is 9.48. The minimum atomic E-state index is -2.82. The van der Waals surface area contributed by atoms with Gasteiger partial charge in [0, 0.05) is 14.7 Å². The molecule has 0 bridgehead atoms. The summed E-state index contributed by atoms with van der Waals surface area (Å²) in [6.07, 6.45) is 2.93. The van der Waals surface area contributed by atoms with Crippen molar-refractivity contribution in [3.05, 3.63) is 118 Å². The first-order chi connectivity index (χ1) is 22.4. The summed E-state index contributed by atoms with van der Waals surface area (Å²) in [5, 5.41) is 2.45. The van der Waals surface area contributed by atoms with E-state index in [1.165, 1.54) is 10.4 Å². The largest absolute Gasteiger partial charge is 0.400 e. The minimum absolute atomic E-state index is 0.111. The molecular formula is C37H45ClN4O3Si2. The lowest BCUT2D eigenvalue weighted by atomic mass is 9.85. The first-order valence-corrected chi connectivity index (χ1v) is 22.5. The fourth-order valence-corrected chi connectivity index (χ4v) is 12.6. The van der Waals surface area contributed by atoms with Crippen LogP contribution in [-0.4, -0.2) is 42.1 Å². The Labute approximate surface area is 284 Å². The molecule has 0 amide bonds. The van der Waals surface area contributed by atoms with Crippen molar-refractivity contribution in [2.24, 2.45) is 0 Å². The molecule has 0 saturated carbocycles. The molecule has 0 saturated heterocycles. The fourth-order valence-electron chi connectivity index (χ4n) is 7.00. The van der Waals surface area contributed by atoms with Crippen molar-refractivity contribution in [1.82, 2.24) is 19.1 Å². The second-order valence-electron chi connectivity index (χ2n) is 14.8. The van der Waals surface area contributed by atoms with E-state index in [1.54, 1.807) is 15.3 Å². The molecule has 7 nitrogen and oxygen atoms in total. The molecule has 6 rings (SSSR count). The standard InChI is InChI=1S/C37H45ClN4O3Si2/c1-37(2,3)47(27-15-9-7-10-16-27,28-17-11-8-12-18-28)45-33-22-21-31(29-19-13-14-20-30(29)33)42-34-32(25-39-35(38)40-34)41(36(42)43)26-44-23-24-46(4,5)6/h7-20,25,31,33H,21-24,26H2,1-6H3/t31-,33-/m1/s1. The Bertz CT molecular complexity index is 1860. The van der Waals surface area contributed by atoms with Crippen LogP contribution in [0.4, 0.5) is 0 Å². The lowest BCUT2D eigenvalue weighted by Gasteiger charge is -2.46. The predicted octanol–water partition coefficient (Wildman–Crippen LogP) is 7.56. The maximum atomic E-state index is 14.2. The number of fused-ring (bicyclic) bond motifs is 2. The van der Waals surface area contributed by atoms with Crippen LogP contribution in [0.1, 0.15) is 56.9 Å². The molecule has 2 heterocycles. The smallest absolute Gasteiger partial charge is 0.332 e. The number of hydrogen-bond acceptors (Lipinski definition) is 5. The predicted molar refractivity (Wildman–Crippen MR) is 196 cm³/mol. The summed E-state index contributed by atoms with van der Waals surface area (Å²) >= 11 is 6.33. The number of benzene rings is 3. The second kappa shape index (κ2) is 13.3. The highest BCUT2D eigenvalue weighted by Crippen LogP contribution is 2.46. The molecular weight excluding hydrogens is 640 g/mol. The van der Waals surface area contributed by atoms with Crippen LogP contribution in [0.2, 0.25) is 36.0 Å². The molecule has 3 aromatic carbocycles. The number of hydrogen-bond donors (Lipinski definition) is 0. The van der Waals surface area contributed by atoms with Crippen LogP contribution in [-0.2, 0) is 15.9 Å². The van der Waals surface area contributed by atoms with Gasteiger partial charge < -0.3 is 9.16 Å². The summed E-state index contributed by atoms with van der Waals surface area (Å²) in [5.41, 5.74) is 3.15. The van der Waals surface area contributed by atoms with Crippen LogP contribution in [0.3, 0.4) is 0 Å². The molecule has 1 aliphatic rings. The Morgan fingerprint density at radius 1 is 0.872 bits per heavy atom. The highest BCUT2D eigenvalue weighted by Gasteiger charge is 2.52. The molecule has 0 fully saturated rings. The number of rotatable bonds is 10. The Morgan fingerprint density at radius 3 is 2.06 bits per heavy atom. The minimum Gasteiger partial charge on any atom is -0.400 e. The lowest BCUT2D eigenvalue weighted by molar-refractivity contribution is 0.0867. The van der Waals surface area contributed by atoms with Gasteiger partial charge in [0.1, 0.15) is 12.2 Å². The third-order valence-electron chi connectivity index (χ3n) is 9.35. The van der Waals surface area contributed by atoms with Crippen molar-refractivity contribution in [2.75, 3.05) is 6.61 Å². The average Bonchev–Trinajstić information content (AvgIpc) is 3.31. The summed E-state index contributed by atoms with van der Waals surface area (Å²) in [6, 6.07) is 30.7. The van der Waals surface area contributed by atoms with Crippen molar-refractivity contribution in [3.63, 3.8) is 0 Å². The normalized spacial score (nSPS) is 17.2. The van der Waals surface area contributed by atoms with Gasteiger partial charge in [-0.2, -0.15) is 4.98 Å². The van der Waals surface area contributed by atoms with Crippen molar-refractivity contribution in [3.8, 4) is 0 Å². The highest BCUT2D eigenvalue weighted by molar-refractivity contribution is 6.99. The number of ether oxygens (including phenoxy) is 1. The van der Waals surface area contributed by atoms with E-state index in [1.807, 2.05) is 6.07 Å². The number of nitrogens with zero attached hydrogens (tertiary/aromatic N) is 4. The van der Waals surface area contributed by atoms with E-state index < -0.39 is 16.4 Å². The van der Waals surface area contributed by atoms with Gasteiger partial charge in [0.25, 0.3) is 8.32 Å². The quantitative estimate of drug-likeness (QED) is 0.0863. The van der Waals surface area contributed by atoms with Crippen LogP contribution >= 0.6 is 11.6 Å². The molecule has 0 unspecified atom stereocenters. The van der Waals surface area contributed by atoms with E-state index in [2.05, 4.69) is 129 Å². The summed E-state index contributed by atoms with van der Waals surface area (Å²) in [7, 11) is -4.10. The molecule has 0 radical (unpaired) electrons. The SMILES string of the molecule is CC(C)(C)[Si](O[C@@H]1CC[C@@H](n2c(=O)n(COCC[Si](C)(C)C)c3cnc(Cl)nc32)c2ccccc21)(c1ccccc1)c1ccccc1. The molecule has 1 aliphatic carbocycles. The maximum Gasteiger partial charge on any atom is 0.332 e. The zero-order valence-electron chi connectivity index (χ0n) is 28.2. The van der Waals surface area contributed by atoms with Crippen LogP contribution < -0.4 is 16.1 Å². The van der Waals surface area contributed by atoms with Crippen molar-refractivity contribution >= 4 is 49.5 Å². The van der Waals surface area contributed by atoms with Gasteiger partial charge in [0.05, 0.1) is 18.3 Å². The number of aromatic nitrogens is 4. The van der Waals surface area contributed by atoms with Crippen LogP contribution in [0.5, 0.6) is 0 Å².